The maximum atomic E-state index is 13.2. The summed E-state index contributed by atoms with van der Waals surface area (Å²) < 4.78 is 1.05. The van der Waals surface area contributed by atoms with Gasteiger partial charge in [0.1, 0.15) is 5.70 Å². The molecule has 0 aliphatic carbocycles. The van der Waals surface area contributed by atoms with Crippen molar-refractivity contribution in [3.05, 3.63) is 112 Å². The molecule has 164 valence electrons. The monoisotopic (exact) mass is 556 g/mol. The molecular formula is C25H22Br2N2O3. The average molecular weight is 558 g/mol. The number of nitrogens with one attached hydrogen (secondary N) is 2. The number of hydrogen-bond acceptors (Lipinski definition) is 3. The largest absolute Gasteiger partial charge is 0.394 e. The second kappa shape index (κ2) is 11.8. The van der Waals surface area contributed by atoms with E-state index in [0.717, 1.165) is 11.1 Å². The summed E-state index contributed by atoms with van der Waals surface area (Å²) in [5.41, 5.74) is 2.17. The van der Waals surface area contributed by atoms with E-state index in [1.807, 2.05) is 60.7 Å². The molecule has 0 aromatic heterocycles. The van der Waals surface area contributed by atoms with Crippen molar-refractivity contribution in [1.82, 2.24) is 10.6 Å². The van der Waals surface area contributed by atoms with Crippen molar-refractivity contribution in [2.45, 2.75) is 12.5 Å². The second-order valence-electron chi connectivity index (χ2n) is 7.03. The number of carbonyl (C=O) groups is 2. The van der Waals surface area contributed by atoms with Crippen LogP contribution >= 0.6 is 31.9 Å². The number of amides is 2. The standard InChI is InChI=1S/C25H22Br2N2O3/c26-21-14-8-7-13-20(21)24(31)29-23(22(27)18-11-5-2-6-12-18)25(32)28-19(16-30)15-17-9-3-1-4-10-17/h1-14,19,30H,15-16H2,(H,28,32)(H,29,31)/b23-22-/t19-/m0/s1. The Kier molecular flexibility index (Phi) is 8.79. The Balaban J connectivity index is 1.88. The van der Waals surface area contributed by atoms with Gasteiger partial charge in [-0.15, -0.1) is 0 Å². The molecule has 0 bridgehead atoms. The van der Waals surface area contributed by atoms with E-state index in [1.54, 1.807) is 24.3 Å². The molecule has 5 nitrogen and oxygen atoms in total. The lowest BCUT2D eigenvalue weighted by atomic mass is 10.1. The molecule has 1 atom stereocenters. The summed E-state index contributed by atoms with van der Waals surface area (Å²) >= 11 is 6.85. The Bertz CT molecular complexity index is 1100. The quantitative estimate of drug-likeness (QED) is 0.352. The van der Waals surface area contributed by atoms with Gasteiger partial charge in [-0.25, -0.2) is 0 Å². The van der Waals surface area contributed by atoms with Crippen molar-refractivity contribution in [3.63, 3.8) is 0 Å². The van der Waals surface area contributed by atoms with Gasteiger partial charge >= 0.3 is 0 Å². The number of carbonyl (C=O) groups excluding carboxylic acids is 2. The third kappa shape index (κ3) is 6.38. The van der Waals surface area contributed by atoms with Crippen LogP contribution in [-0.2, 0) is 11.2 Å². The molecule has 7 heteroatoms. The summed E-state index contributed by atoms with van der Waals surface area (Å²) in [5.74, 6) is -0.935. The van der Waals surface area contributed by atoms with Gasteiger partial charge < -0.3 is 15.7 Å². The van der Waals surface area contributed by atoms with Crippen LogP contribution in [0.5, 0.6) is 0 Å². The molecule has 0 unspecified atom stereocenters. The van der Waals surface area contributed by atoms with Gasteiger partial charge in [-0.1, -0.05) is 72.8 Å². The molecule has 0 saturated heterocycles. The number of rotatable bonds is 8. The number of aliphatic hydroxyl groups is 1. The van der Waals surface area contributed by atoms with Gasteiger partial charge in [0.15, 0.2) is 0 Å². The van der Waals surface area contributed by atoms with Crippen LogP contribution in [-0.4, -0.2) is 29.6 Å². The molecule has 3 aromatic rings. The first kappa shape index (κ1) is 23.9. The van der Waals surface area contributed by atoms with E-state index < -0.39 is 17.9 Å². The van der Waals surface area contributed by atoms with Gasteiger partial charge in [-0.2, -0.15) is 0 Å². The lowest BCUT2D eigenvalue weighted by Crippen LogP contribution is -2.43. The summed E-state index contributed by atoms with van der Waals surface area (Å²) in [5, 5.41) is 15.4. The van der Waals surface area contributed by atoms with Crippen molar-refractivity contribution in [2.24, 2.45) is 0 Å². The van der Waals surface area contributed by atoms with E-state index in [2.05, 4.69) is 42.5 Å². The number of halogens is 2. The van der Waals surface area contributed by atoms with Gasteiger partial charge in [-0.3, -0.25) is 9.59 Å². The van der Waals surface area contributed by atoms with E-state index >= 15 is 0 Å². The first-order valence-corrected chi connectivity index (χ1v) is 11.5. The molecule has 3 aromatic carbocycles. The Morgan fingerprint density at radius 1 is 0.875 bits per heavy atom. The summed E-state index contributed by atoms with van der Waals surface area (Å²) in [6.45, 7) is -0.241. The Morgan fingerprint density at radius 2 is 1.47 bits per heavy atom. The minimum Gasteiger partial charge on any atom is -0.394 e. The fourth-order valence-electron chi connectivity index (χ4n) is 3.08. The molecule has 0 fully saturated rings. The van der Waals surface area contributed by atoms with Crippen molar-refractivity contribution in [2.75, 3.05) is 6.61 Å². The van der Waals surface area contributed by atoms with Gasteiger partial charge in [0.25, 0.3) is 11.8 Å². The third-order valence-corrected chi connectivity index (χ3v) is 6.26. The van der Waals surface area contributed by atoms with E-state index in [0.29, 0.717) is 20.9 Å². The zero-order valence-electron chi connectivity index (χ0n) is 17.1. The highest BCUT2D eigenvalue weighted by Crippen LogP contribution is 2.25. The van der Waals surface area contributed by atoms with Crippen LogP contribution in [0.25, 0.3) is 4.48 Å². The van der Waals surface area contributed by atoms with Gasteiger partial charge in [0.05, 0.1) is 22.7 Å². The zero-order valence-corrected chi connectivity index (χ0v) is 20.3. The minimum atomic E-state index is -0.517. The summed E-state index contributed by atoms with van der Waals surface area (Å²) in [6.07, 6.45) is 0.456. The van der Waals surface area contributed by atoms with E-state index in [-0.39, 0.29) is 12.3 Å². The summed E-state index contributed by atoms with van der Waals surface area (Å²) in [6, 6.07) is 25.2. The van der Waals surface area contributed by atoms with Crippen LogP contribution < -0.4 is 10.6 Å². The molecular weight excluding hydrogens is 536 g/mol. The summed E-state index contributed by atoms with van der Waals surface area (Å²) in [4.78, 5) is 26.2. The molecule has 0 heterocycles. The van der Waals surface area contributed by atoms with Crippen molar-refractivity contribution < 1.29 is 14.7 Å². The molecule has 32 heavy (non-hydrogen) atoms. The highest BCUT2D eigenvalue weighted by atomic mass is 79.9. The number of benzene rings is 3. The third-order valence-electron chi connectivity index (χ3n) is 4.71. The van der Waals surface area contributed by atoms with E-state index in [9.17, 15) is 14.7 Å². The molecule has 0 saturated carbocycles. The van der Waals surface area contributed by atoms with Crippen LogP contribution in [0, 0.1) is 0 Å². The molecule has 0 spiro atoms. The van der Waals surface area contributed by atoms with Crippen LogP contribution in [0.4, 0.5) is 0 Å². The van der Waals surface area contributed by atoms with Crippen LogP contribution in [0.2, 0.25) is 0 Å². The van der Waals surface area contributed by atoms with E-state index in [4.69, 9.17) is 0 Å². The highest BCUT2D eigenvalue weighted by molar-refractivity contribution is 9.15. The predicted molar refractivity (Wildman–Crippen MR) is 133 cm³/mol. The molecule has 0 radical (unpaired) electrons. The molecule has 0 aliphatic rings. The zero-order chi connectivity index (χ0) is 22.9. The van der Waals surface area contributed by atoms with Crippen LogP contribution in [0.1, 0.15) is 21.5 Å². The fourth-order valence-corrected chi connectivity index (χ4v) is 4.09. The highest BCUT2D eigenvalue weighted by Gasteiger charge is 2.22. The fraction of sp³-hybridized carbons (Fsp3) is 0.120. The van der Waals surface area contributed by atoms with Crippen LogP contribution in [0.3, 0.4) is 0 Å². The summed E-state index contributed by atoms with van der Waals surface area (Å²) in [7, 11) is 0. The predicted octanol–water partition coefficient (Wildman–Crippen LogP) is 4.66. The number of aliphatic hydroxyl groups excluding tert-OH is 1. The van der Waals surface area contributed by atoms with Gasteiger partial charge in [0.2, 0.25) is 0 Å². The Hall–Kier alpha value is -2.74. The van der Waals surface area contributed by atoms with E-state index in [1.165, 1.54) is 0 Å². The SMILES string of the molecule is O=C(N[C@H](CO)Cc1ccccc1)/C(NC(=O)c1ccccc1Br)=C(/Br)c1ccccc1. The Labute approximate surface area is 203 Å². The van der Waals surface area contributed by atoms with Crippen LogP contribution in [0.15, 0.2) is 95.1 Å². The number of hydrogen-bond donors (Lipinski definition) is 3. The Morgan fingerprint density at radius 3 is 2.09 bits per heavy atom. The average Bonchev–Trinajstić information content (AvgIpc) is 2.83. The lowest BCUT2D eigenvalue weighted by molar-refractivity contribution is -0.118. The van der Waals surface area contributed by atoms with Gasteiger partial charge in [0, 0.05) is 4.47 Å². The first-order chi connectivity index (χ1) is 15.5. The molecule has 0 aliphatic heterocycles. The second-order valence-corrected chi connectivity index (χ2v) is 8.68. The van der Waals surface area contributed by atoms with Crippen molar-refractivity contribution in [1.29, 1.82) is 0 Å². The van der Waals surface area contributed by atoms with Gasteiger partial charge in [-0.05, 0) is 61.5 Å². The van der Waals surface area contributed by atoms with Crippen molar-refractivity contribution >= 4 is 48.2 Å². The molecule has 2 amide bonds. The van der Waals surface area contributed by atoms with Crippen molar-refractivity contribution in [3.8, 4) is 0 Å². The maximum Gasteiger partial charge on any atom is 0.269 e. The molecule has 3 rings (SSSR count). The maximum absolute atomic E-state index is 13.2. The normalized spacial score (nSPS) is 12.5. The topological polar surface area (TPSA) is 78.4 Å². The minimum absolute atomic E-state index is 0.0588. The first-order valence-electron chi connectivity index (χ1n) is 9.96. The lowest BCUT2D eigenvalue weighted by Gasteiger charge is -2.19. The molecule has 3 N–H and O–H groups in total. The smallest absolute Gasteiger partial charge is 0.269 e.